The van der Waals surface area contributed by atoms with Gasteiger partial charge in [0.25, 0.3) is 7.42 Å². The number of allylic oxidation sites excluding steroid dienone is 2. The highest BCUT2D eigenvalue weighted by Gasteiger charge is 1.96. The van der Waals surface area contributed by atoms with E-state index in [-0.39, 0.29) is 0 Å². The Kier molecular flexibility index (Phi) is 5.05. The van der Waals surface area contributed by atoms with Gasteiger partial charge in [-0.1, -0.05) is 12.2 Å². The Morgan fingerprint density at radius 3 is 2.29 bits per heavy atom. The minimum absolute atomic E-state index is 0.851. The van der Waals surface area contributed by atoms with Crippen molar-refractivity contribution in [3.63, 3.8) is 0 Å². The monoisotopic (exact) mass is 153 g/mol. The predicted octanol–water partition coefficient (Wildman–Crippen LogP) is 2.53. The minimum atomic E-state index is -1.04. The van der Waals surface area contributed by atoms with E-state index in [0.29, 0.717) is 0 Å². The molecule has 0 aliphatic carbocycles. The van der Waals surface area contributed by atoms with Crippen LogP contribution in [0.5, 0.6) is 0 Å². The summed E-state index contributed by atoms with van der Waals surface area (Å²) in [5.74, 6) is 0. The molecule has 0 nitrogen and oxygen atoms in total. The van der Waals surface area contributed by atoms with Gasteiger partial charge in [-0.25, -0.2) is 0 Å². The maximum Gasteiger partial charge on any atom is 0.277 e. The van der Waals surface area contributed by atoms with Gasteiger partial charge in [0.15, 0.2) is 0 Å². The molecule has 7 heavy (non-hydrogen) atoms. The van der Waals surface area contributed by atoms with Crippen LogP contribution in [0.15, 0.2) is 12.2 Å². The fourth-order valence-corrected chi connectivity index (χ4v) is 1.16. The van der Waals surface area contributed by atoms with Gasteiger partial charge in [0, 0.05) is 0 Å². The summed E-state index contributed by atoms with van der Waals surface area (Å²) in [6, 6.07) is 0.851. The summed E-state index contributed by atoms with van der Waals surface area (Å²) in [6.45, 7) is 1.96. The van der Waals surface area contributed by atoms with Gasteiger partial charge in [0.05, 0.1) is 0 Å². The summed E-state index contributed by atoms with van der Waals surface area (Å²) in [5.41, 5.74) is 0. The van der Waals surface area contributed by atoms with Crippen molar-refractivity contribution in [1.29, 1.82) is 0 Å². The van der Waals surface area contributed by atoms with Crippen LogP contribution in [0.4, 0.5) is 0 Å². The minimum Gasteiger partial charge on any atom is -0.146 e. The maximum atomic E-state index is 5.47. The average molecular weight is 154 g/mol. The lowest BCUT2D eigenvalue weighted by Crippen LogP contribution is -1.85. The lowest BCUT2D eigenvalue weighted by atomic mass is 10.6. The van der Waals surface area contributed by atoms with E-state index in [9.17, 15) is 0 Å². The Morgan fingerprint density at radius 1 is 1.57 bits per heavy atom. The largest absolute Gasteiger partial charge is 0.277 e. The van der Waals surface area contributed by atoms with Gasteiger partial charge in [0.2, 0.25) is 0 Å². The normalized spacial score (nSPS) is 11.4. The van der Waals surface area contributed by atoms with Gasteiger partial charge >= 0.3 is 0 Å². The van der Waals surface area contributed by atoms with E-state index in [1.54, 1.807) is 0 Å². The summed E-state index contributed by atoms with van der Waals surface area (Å²) in [5, 5.41) is 0. The predicted molar refractivity (Wildman–Crippen MR) is 37.1 cm³/mol. The van der Waals surface area contributed by atoms with Gasteiger partial charge in [-0.15, -0.1) is 22.2 Å². The first-order valence-corrected chi connectivity index (χ1v) is 5.78. The second kappa shape index (κ2) is 4.69. The Labute approximate surface area is 55.1 Å². The molecule has 1 radical (unpaired) electrons. The molecule has 0 spiro atoms. The summed E-state index contributed by atoms with van der Waals surface area (Å²) >= 11 is 10.9. The number of rotatable bonds is 2. The van der Waals surface area contributed by atoms with E-state index >= 15 is 0 Å². The van der Waals surface area contributed by atoms with Crippen molar-refractivity contribution >= 4 is 29.6 Å². The summed E-state index contributed by atoms with van der Waals surface area (Å²) in [6.07, 6.45) is 3.93. The van der Waals surface area contributed by atoms with Crippen LogP contribution in [0.3, 0.4) is 0 Å². The molecule has 0 rings (SSSR count). The van der Waals surface area contributed by atoms with Gasteiger partial charge in [-0.2, -0.15) is 0 Å². The molecule has 0 bridgehead atoms. The molecule has 0 aromatic heterocycles. The fraction of sp³-hybridized carbons (Fsp3) is 0.500. The molecule has 0 aliphatic rings. The molecule has 0 aliphatic heterocycles. The number of hydrogen-bond acceptors (Lipinski definition) is 0. The zero-order valence-corrected chi connectivity index (χ0v) is 6.63. The summed E-state index contributed by atoms with van der Waals surface area (Å²) < 4.78 is 0. The molecule has 0 saturated carbocycles. The van der Waals surface area contributed by atoms with Crippen LogP contribution in [-0.4, -0.2) is 7.42 Å². The van der Waals surface area contributed by atoms with E-state index in [2.05, 4.69) is 0 Å². The molecule has 0 amide bonds. The van der Waals surface area contributed by atoms with E-state index in [1.807, 2.05) is 19.1 Å². The molecule has 0 saturated heterocycles. The molecule has 41 valence electrons. The van der Waals surface area contributed by atoms with Crippen LogP contribution in [0, 0.1) is 0 Å². The fourth-order valence-electron chi connectivity index (χ4n) is 0.207. The second-order valence-corrected chi connectivity index (χ2v) is 5.52. The van der Waals surface area contributed by atoms with Crippen LogP contribution < -0.4 is 0 Å². The van der Waals surface area contributed by atoms with Crippen LogP contribution in [0.2, 0.25) is 6.04 Å². The lowest BCUT2D eigenvalue weighted by molar-refractivity contribution is 1.62. The Balaban J connectivity index is 2.97. The van der Waals surface area contributed by atoms with Crippen molar-refractivity contribution in [2.45, 2.75) is 13.0 Å². The van der Waals surface area contributed by atoms with E-state index in [1.165, 1.54) is 0 Å². The van der Waals surface area contributed by atoms with Crippen molar-refractivity contribution in [2.24, 2.45) is 0 Å². The number of halogens is 2. The Morgan fingerprint density at radius 2 is 2.14 bits per heavy atom. The van der Waals surface area contributed by atoms with Crippen molar-refractivity contribution in [3.8, 4) is 0 Å². The third-order valence-corrected chi connectivity index (χ3v) is 1.98. The molecule has 0 fully saturated rings. The molecule has 0 aromatic carbocycles. The quantitative estimate of drug-likeness (QED) is 0.325. The van der Waals surface area contributed by atoms with E-state index < -0.39 is 7.42 Å². The van der Waals surface area contributed by atoms with Crippen LogP contribution >= 0.6 is 22.2 Å². The highest BCUT2D eigenvalue weighted by atomic mass is 35.7. The zero-order valence-electron chi connectivity index (χ0n) is 4.12. The lowest BCUT2D eigenvalue weighted by Gasteiger charge is -1.84. The zero-order chi connectivity index (χ0) is 5.70. The topological polar surface area (TPSA) is 0 Å². The first-order chi connectivity index (χ1) is 3.27. The van der Waals surface area contributed by atoms with Crippen LogP contribution in [-0.2, 0) is 0 Å². The van der Waals surface area contributed by atoms with Gasteiger partial charge in [-0.3, -0.25) is 0 Å². The Hall–Kier alpha value is 0.537. The summed E-state index contributed by atoms with van der Waals surface area (Å²) in [7, 11) is -1.04. The SMILES string of the molecule is C/C=C/C[Si](Cl)Cl. The third-order valence-electron chi connectivity index (χ3n) is 0.508. The van der Waals surface area contributed by atoms with Crippen LogP contribution in [0.25, 0.3) is 0 Å². The van der Waals surface area contributed by atoms with Gasteiger partial charge in [-0.05, 0) is 13.0 Å². The number of hydrogen-bond donors (Lipinski definition) is 0. The molecule has 0 unspecified atom stereocenters. The smallest absolute Gasteiger partial charge is 0.146 e. The van der Waals surface area contributed by atoms with E-state index in [0.717, 1.165) is 6.04 Å². The molecular weight excluding hydrogens is 147 g/mol. The van der Waals surface area contributed by atoms with Crippen molar-refractivity contribution in [1.82, 2.24) is 0 Å². The molecule has 0 atom stereocenters. The highest BCUT2D eigenvalue weighted by Crippen LogP contribution is 2.02. The molecule has 3 heteroatoms. The highest BCUT2D eigenvalue weighted by molar-refractivity contribution is 7.33. The van der Waals surface area contributed by atoms with Gasteiger partial charge < -0.3 is 0 Å². The average Bonchev–Trinajstić information content (AvgIpc) is 1.61. The van der Waals surface area contributed by atoms with Crippen molar-refractivity contribution < 1.29 is 0 Å². The molecule has 0 heterocycles. The first kappa shape index (κ1) is 7.54. The molecular formula is C4H7Cl2Si. The summed E-state index contributed by atoms with van der Waals surface area (Å²) in [4.78, 5) is 0. The van der Waals surface area contributed by atoms with Crippen molar-refractivity contribution in [2.75, 3.05) is 0 Å². The Bertz CT molecular complexity index is 60.7. The third kappa shape index (κ3) is 6.54. The second-order valence-electron chi connectivity index (χ2n) is 1.11. The van der Waals surface area contributed by atoms with Gasteiger partial charge in [0.1, 0.15) is 0 Å². The molecule has 0 N–H and O–H groups in total. The standard InChI is InChI=1S/C4H7Cl2Si/c1-2-3-4-7(5)6/h2-3H,4H2,1H3/b3-2+. The maximum absolute atomic E-state index is 5.47. The van der Waals surface area contributed by atoms with Crippen LogP contribution in [0.1, 0.15) is 6.92 Å². The van der Waals surface area contributed by atoms with Crippen molar-refractivity contribution in [3.05, 3.63) is 12.2 Å². The van der Waals surface area contributed by atoms with E-state index in [4.69, 9.17) is 22.2 Å². The molecule has 0 aromatic rings. The first-order valence-electron chi connectivity index (χ1n) is 2.05.